The van der Waals surface area contributed by atoms with Crippen LogP contribution in [0.15, 0.2) is 28.9 Å². The number of ether oxygens (including phenoxy) is 1. The Morgan fingerprint density at radius 1 is 1.41 bits per heavy atom. The Labute approximate surface area is 99.8 Å². The van der Waals surface area contributed by atoms with Gasteiger partial charge in [-0.3, -0.25) is 0 Å². The molecule has 17 heavy (non-hydrogen) atoms. The molecular formula is C13H15NO3. The summed E-state index contributed by atoms with van der Waals surface area (Å²) >= 11 is 0. The molecule has 90 valence electrons. The van der Waals surface area contributed by atoms with Crippen molar-refractivity contribution in [3.05, 3.63) is 30.0 Å². The van der Waals surface area contributed by atoms with Crippen molar-refractivity contribution >= 4 is 0 Å². The largest absolute Gasteiger partial charge is 0.507 e. The van der Waals surface area contributed by atoms with Crippen molar-refractivity contribution in [1.82, 2.24) is 5.16 Å². The van der Waals surface area contributed by atoms with E-state index in [1.807, 2.05) is 6.07 Å². The molecule has 1 aromatic carbocycles. The van der Waals surface area contributed by atoms with Crippen LogP contribution in [0, 0.1) is 0 Å². The average molecular weight is 233 g/mol. The van der Waals surface area contributed by atoms with E-state index in [2.05, 4.69) is 12.1 Å². The molecule has 0 fully saturated rings. The standard InChI is InChI=1S/C13H15NO3/c1-3-4-9-7-10(12-5-6-14-17-12)11(15)8-13(9)16-2/h5-8,15H,3-4H2,1-2H3. The van der Waals surface area contributed by atoms with E-state index in [4.69, 9.17) is 9.26 Å². The second-order valence-corrected chi connectivity index (χ2v) is 3.81. The van der Waals surface area contributed by atoms with E-state index in [1.54, 1.807) is 25.4 Å². The number of hydrogen-bond acceptors (Lipinski definition) is 4. The summed E-state index contributed by atoms with van der Waals surface area (Å²) in [6, 6.07) is 5.22. The Hall–Kier alpha value is -1.97. The predicted molar refractivity (Wildman–Crippen MR) is 64.2 cm³/mol. The van der Waals surface area contributed by atoms with Crippen LogP contribution in [0.5, 0.6) is 11.5 Å². The number of hydrogen-bond donors (Lipinski definition) is 1. The van der Waals surface area contributed by atoms with Crippen molar-refractivity contribution in [2.24, 2.45) is 0 Å². The van der Waals surface area contributed by atoms with Crippen molar-refractivity contribution in [3.63, 3.8) is 0 Å². The highest BCUT2D eigenvalue weighted by molar-refractivity contribution is 5.68. The van der Waals surface area contributed by atoms with Gasteiger partial charge in [-0.1, -0.05) is 18.5 Å². The summed E-state index contributed by atoms with van der Waals surface area (Å²) in [5.41, 5.74) is 1.70. The van der Waals surface area contributed by atoms with Gasteiger partial charge in [-0.2, -0.15) is 0 Å². The number of phenols is 1. The lowest BCUT2D eigenvalue weighted by Gasteiger charge is -2.10. The number of phenolic OH excluding ortho intramolecular Hbond substituents is 1. The number of nitrogens with zero attached hydrogens (tertiary/aromatic N) is 1. The van der Waals surface area contributed by atoms with Gasteiger partial charge in [0, 0.05) is 12.1 Å². The molecule has 0 radical (unpaired) electrons. The lowest BCUT2D eigenvalue weighted by Crippen LogP contribution is -1.93. The second-order valence-electron chi connectivity index (χ2n) is 3.81. The van der Waals surface area contributed by atoms with Crippen molar-refractivity contribution < 1.29 is 14.4 Å². The molecule has 0 spiro atoms. The van der Waals surface area contributed by atoms with E-state index < -0.39 is 0 Å². The molecule has 0 unspecified atom stereocenters. The third-order valence-corrected chi connectivity index (χ3v) is 2.62. The molecule has 4 nitrogen and oxygen atoms in total. The Morgan fingerprint density at radius 3 is 2.82 bits per heavy atom. The normalized spacial score (nSPS) is 10.5. The van der Waals surface area contributed by atoms with Crippen LogP contribution in [0.1, 0.15) is 18.9 Å². The molecular weight excluding hydrogens is 218 g/mol. The summed E-state index contributed by atoms with van der Waals surface area (Å²) in [5, 5.41) is 13.6. The summed E-state index contributed by atoms with van der Waals surface area (Å²) in [7, 11) is 1.60. The minimum atomic E-state index is 0.137. The van der Waals surface area contributed by atoms with E-state index in [-0.39, 0.29) is 5.75 Å². The molecule has 1 N–H and O–H groups in total. The van der Waals surface area contributed by atoms with Crippen molar-refractivity contribution in [1.29, 1.82) is 0 Å². The van der Waals surface area contributed by atoms with Gasteiger partial charge in [0.1, 0.15) is 11.5 Å². The Bertz CT molecular complexity index is 492. The highest BCUT2D eigenvalue weighted by Crippen LogP contribution is 2.35. The van der Waals surface area contributed by atoms with E-state index in [9.17, 15) is 5.11 Å². The first-order chi connectivity index (χ1) is 8.26. The Balaban J connectivity index is 2.50. The van der Waals surface area contributed by atoms with E-state index in [0.717, 1.165) is 18.4 Å². The SMILES string of the molecule is CCCc1cc(-c2ccno2)c(O)cc1OC. The minimum absolute atomic E-state index is 0.137. The highest BCUT2D eigenvalue weighted by Gasteiger charge is 2.13. The fourth-order valence-electron chi connectivity index (χ4n) is 1.82. The summed E-state index contributed by atoms with van der Waals surface area (Å²) in [6.45, 7) is 2.10. The zero-order valence-corrected chi connectivity index (χ0v) is 9.93. The molecule has 4 heteroatoms. The lowest BCUT2D eigenvalue weighted by molar-refractivity contribution is 0.400. The number of aromatic hydroxyl groups is 1. The molecule has 0 saturated carbocycles. The first-order valence-electron chi connectivity index (χ1n) is 5.57. The fourth-order valence-corrected chi connectivity index (χ4v) is 1.82. The predicted octanol–water partition coefficient (Wildman–Crippen LogP) is 3.01. The third-order valence-electron chi connectivity index (χ3n) is 2.62. The van der Waals surface area contributed by atoms with Gasteiger partial charge in [0.15, 0.2) is 5.76 Å². The van der Waals surface area contributed by atoms with E-state index >= 15 is 0 Å². The van der Waals surface area contributed by atoms with Crippen molar-refractivity contribution in [3.8, 4) is 22.8 Å². The third kappa shape index (κ3) is 2.25. The number of aryl methyl sites for hydroxylation is 1. The second kappa shape index (κ2) is 4.91. The Kier molecular flexibility index (Phi) is 3.32. The molecule has 2 aromatic rings. The molecule has 1 heterocycles. The van der Waals surface area contributed by atoms with Gasteiger partial charge >= 0.3 is 0 Å². The summed E-state index contributed by atoms with van der Waals surface area (Å²) in [6.07, 6.45) is 3.46. The number of aromatic nitrogens is 1. The first-order valence-corrected chi connectivity index (χ1v) is 5.57. The molecule has 0 aliphatic carbocycles. The van der Waals surface area contributed by atoms with Crippen molar-refractivity contribution in [2.75, 3.05) is 7.11 Å². The number of methoxy groups -OCH3 is 1. The maximum atomic E-state index is 9.92. The maximum absolute atomic E-state index is 9.92. The van der Waals surface area contributed by atoms with Gasteiger partial charge in [0.2, 0.25) is 0 Å². The molecule has 0 atom stereocenters. The molecule has 1 aromatic heterocycles. The van der Waals surface area contributed by atoms with Crippen LogP contribution in [-0.2, 0) is 6.42 Å². The van der Waals surface area contributed by atoms with Crippen LogP contribution < -0.4 is 4.74 Å². The van der Waals surface area contributed by atoms with Gasteiger partial charge < -0.3 is 14.4 Å². The van der Waals surface area contributed by atoms with Crippen LogP contribution in [0.2, 0.25) is 0 Å². The summed E-state index contributed by atoms with van der Waals surface area (Å²) in [4.78, 5) is 0. The molecule has 0 saturated heterocycles. The van der Waals surface area contributed by atoms with Gasteiger partial charge in [0.25, 0.3) is 0 Å². The van der Waals surface area contributed by atoms with Crippen LogP contribution in [0.3, 0.4) is 0 Å². The van der Waals surface area contributed by atoms with Crippen LogP contribution in [0.25, 0.3) is 11.3 Å². The highest BCUT2D eigenvalue weighted by atomic mass is 16.5. The topological polar surface area (TPSA) is 55.5 Å². The molecule has 0 aliphatic rings. The fraction of sp³-hybridized carbons (Fsp3) is 0.308. The Morgan fingerprint density at radius 2 is 2.24 bits per heavy atom. The number of benzene rings is 1. The molecule has 2 rings (SSSR count). The van der Waals surface area contributed by atoms with E-state index in [1.165, 1.54) is 0 Å². The summed E-state index contributed by atoms with van der Waals surface area (Å²) in [5.74, 6) is 1.40. The lowest BCUT2D eigenvalue weighted by atomic mass is 10.0. The average Bonchev–Trinajstić information content (AvgIpc) is 2.84. The monoisotopic (exact) mass is 233 g/mol. The minimum Gasteiger partial charge on any atom is -0.507 e. The quantitative estimate of drug-likeness (QED) is 0.881. The van der Waals surface area contributed by atoms with Crippen LogP contribution in [-0.4, -0.2) is 17.4 Å². The zero-order valence-electron chi connectivity index (χ0n) is 9.93. The van der Waals surface area contributed by atoms with Crippen molar-refractivity contribution in [2.45, 2.75) is 19.8 Å². The van der Waals surface area contributed by atoms with E-state index in [0.29, 0.717) is 17.1 Å². The first kappa shape index (κ1) is 11.5. The van der Waals surface area contributed by atoms with Gasteiger partial charge in [-0.15, -0.1) is 0 Å². The van der Waals surface area contributed by atoms with Gasteiger partial charge in [0.05, 0.1) is 18.9 Å². The molecule has 0 amide bonds. The summed E-state index contributed by atoms with van der Waals surface area (Å²) < 4.78 is 10.3. The maximum Gasteiger partial charge on any atom is 0.170 e. The smallest absolute Gasteiger partial charge is 0.170 e. The van der Waals surface area contributed by atoms with Crippen LogP contribution >= 0.6 is 0 Å². The molecule has 0 bridgehead atoms. The molecule has 0 aliphatic heterocycles. The van der Waals surface area contributed by atoms with Gasteiger partial charge in [-0.25, -0.2) is 0 Å². The number of rotatable bonds is 4. The zero-order chi connectivity index (χ0) is 12.3. The van der Waals surface area contributed by atoms with Gasteiger partial charge in [-0.05, 0) is 18.1 Å². The van der Waals surface area contributed by atoms with Crippen LogP contribution in [0.4, 0.5) is 0 Å².